The van der Waals surface area contributed by atoms with Crippen LogP contribution in [0.25, 0.3) is 0 Å². The van der Waals surface area contributed by atoms with Crippen LogP contribution in [0.2, 0.25) is 0 Å². The average molecular weight is 1050 g/mol. The van der Waals surface area contributed by atoms with Gasteiger partial charge in [0.15, 0.2) is 0 Å². The van der Waals surface area contributed by atoms with Gasteiger partial charge in [0.2, 0.25) is 5.91 Å². The van der Waals surface area contributed by atoms with Crippen molar-refractivity contribution in [2.24, 2.45) is 0 Å². The van der Waals surface area contributed by atoms with E-state index in [-0.39, 0.29) is 19.1 Å². The molecule has 428 valence electrons. The van der Waals surface area contributed by atoms with Gasteiger partial charge in [-0.15, -0.1) is 0 Å². The Morgan fingerprint density at radius 3 is 1.21 bits per heavy atom. The van der Waals surface area contributed by atoms with Crippen LogP contribution in [0, 0.1) is 0 Å². The number of aliphatic hydroxyl groups is 1. The maximum absolute atomic E-state index is 13.0. The number of hydrogen-bond donors (Lipinski definition) is 3. The third-order valence-electron chi connectivity index (χ3n) is 14.0. The summed E-state index contributed by atoms with van der Waals surface area (Å²) in [6.07, 6.45) is 74.9. The number of nitrogens with zero attached hydrogens (tertiary/aromatic N) is 1. The number of unbranched alkanes of at least 4 members (excludes halogenated alkanes) is 36. The number of quaternary nitrogens is 1. The van der Waals surface area contributed by atoms with Crippen molar-refractivity contribution >= 4 is 13.7 Å². The van der Waals surface area contributed by atoms with E-state index in [1.54, 1.807) is 6.08 Å². The molecule has 0 fully saturated rings. The normalized spacial score (nSPS) is 14.2. The number of rotatable bonds is 57. The highest BCUT2D eigenvalue weighted by atomic mass is 31.2. The quantitative estimate of drug-likeness (QED) is 0.0243. The van der Waals surface area contributed by atoms with Crippen LogP contribution in [-0.2, 0) is 18.4 Å². The number of nitrogens with one attached hydrogen (secondary N) is 1. The standard InChI is InChI=1S/C64H121N2O6P/c1-6-8-10-12-14-16-18-20-22-24-26-27-28-29-30-31-32-33-34-35-36-37-38-40-41-43-45-47-49-51-53-55-57-63(67)62(61-72-73(69,70)71-60-59-66(3,4)5)65-64(68)58-56-54-52-50-48-46-44-42-39-25-23-21-19-17-15-13-11-9-7-2/h9,11,15,17,21,23,39,42,55,57,62-63,67H,6-8,10,12-14,16,18-20,22,24-38,40-41,43-54,56,58-61H2,1-5H3,(H-,65,68,69,70)/p+1/b11-9-,17-15-,23-21-,42-39-,57-55+. The largest absolute Gasteiger partial charge is 0.472 e. The predicted molar refractivity (Wildman–Crippen MR) is 318 cm³/mol. The van der Waals surface area contributed by atoms with Crippen molar-refractivity contribution in [3.8, 4) is 0 Å². The zero-order valence-electron chi connectivity index (χ0n) is 48.9. The minimum Gasteiger partial charge on any atom is -0.387 e. The van der Waals surface area contributed by atoms with Crippen LogP contribution in [0.3, 0.4) is 0 Å². The number of carbonyl (C=O) groups excluding carboxylic acids is 1. The van der Waals surface area contributed by atoms with Crippen LogP contribution < -0.4 is 5.32 Å². The minimum absolute atomic E-state index is 0.0564. The molecule has 0 aromatic heterocycles. The van der Waals surface area contributed by atoms with Gasteiger partial charge in [0.1, 0.15) is 13.2 Å². The fourth-order valence-corrected chi connectivity index (χ4v) is 9.89. The molecule has 0 aliphatic carbocycles. The molecule has 0 aliphatic heterocycles. The Hall–Kier alpha value is -1.80. The third-order valence-corrected chi connectivity index (χ3v) is 15.0. The Labute approximate surface area is 453 Å². The lowest BCUT2D eigenvalue weighted by molar-refractivity contribution is -0.870. The fraction of sp³-hybridized carbons (Fsp3) is 0.828. The molecule has 0 aromatic carbocycles. The number of carbonyl (C=O) groups is 1. The molecule has 0 rings (SSSR count). The maximum Gasteiger partial charge on any atom is 0.472 e. The summed E-state index contributed by atoms with van der Waals surface area (Å²) in [4.78, 5) is 23.3. The number of likely N-dealkylation sites (N-methyl/N-ethyl adjacent to an activating group) is 1. The molecule has 9 heteroatoms. The van der Waals surface area contributed by atoms with E-state index in [2.05, 4.69) is 67.8 Å². The summed E-state index contributed by atoms with van der Waals surface area (Å²) in [5, 5.41) is 14.0. The highest BCUT2D eigenvalue weighted by Gasteiger charge is 2.27. The third kappa shape index (κ3) is 57.7. The number of hydrogen-bond acceptors (Lipinski definition) is 5. The molecule has 1 amide bonds. The first-order valence-corrected chi connectivity index (χ1v) is 32.7. The summed E-state index contributed by atoms with van der Waals surface area (Å²) in [6.45, 7) is 4.72. The summed E-state index contributed by atoms with van der Waals surface area (Å²) in [6, 6.07) is -0.858. The second-order valence-corrected chi connectivity index (χ2v) is 23.9. The molecule has 0 heterocycles. The first kappa shape index (κ1) is 71.2. The van der Waals surface area contributed by atoms with Crippen molar-refractivity contribution in [3.63, 3.8) is 0 Å². The van der Waals surface area contributed by atoms with E-state index < -0.39 is 20.0 Å². The van der Waals surface area contributed by atoms with Gasteiger partial charge in [-0.3, -0.25) is 13.8 Å². The molecular weight excluding hydrogens is 924 g/mol. The summed E-state index contributed by atoms with van der Waals surface area (Å²) in [5.74, 6) is -0.190. The minimum atomic E-state index is -4.36. The highest BCUT2D eigenvalue weighted by molar-refractivity contribution is 7.47. The van der Waals surface area contributed by atoms with Crippen LogP contribution in [0.5, 0.6) is 0 Å². The molecule has 0 radical (unpaired) electrons. The Morgan fingerprint density at radius 2 is 0.822 bits per heavy atom. The molecule has 0 aromatic rings. The van der Waals surface area contributed by atoms with E-state index in [0.717, 1.165) is 77.0 Å². The number of phosphoric ester groups is 1. The van der Waals surface area contributed by atoms with Crippen molar-refractivity contribution in [1.29, 1.82) is 0 Å². The molecule has 0 aliphatic rings. The van der Waals surface area contributed by atoms with Crippen molar-refractivity contribution in [3.05, 3.63) is 60.8 Å². The molecular formula is C64H122N2O6P+. The Kier molecular flexibility index (Phi) is 53.6. The van der Waals surface area contributed by atoms with E-state index in [9.17, 15) is 19.4 Å². The topological polar surface area (TPSA) is 105 Å². The molecule has 3 atom stereocenters. The second-order valence-electron chi connectivity index (χ2n) is 22.4. The number of allylic oxidation sites excluding steroid dienone is 9. The van der Waals surface area contributed by atoms with Gasteiger partial charge >= 0.3 is 7.82 Å². The first-order valence-electron chi connectivity index (χ1n) is 31.2. The Bertz CT molecular complexity index is 1370. The van der Waals surface area contributed by atoms with Crippen LogP contribution in [0.1, 0.15) is 290 Å². The van der Waals surface area contributed by atoms with E-state index in [0.29, 0.717) is 17.4 Å². The lowest BCUT2D eigenvalue weighted by Gasteiger charge is -2.25. The van der Waals surface area contributed by atoms with Gasteiger partial charge in [-0.2, -0.15) is 0 Å². The van der Waals surface area contributed by atoms with E-state index in [4.69, 9.17) is 9.05 Å². The van der Waals surface area contributed by atoms with E-state index >= 15 is 0 Å². The predicted octanol–water partition coefficient (Wildman–Crippen LogP) is 19.3. The van der Waals surface area contributed by atoms with Gasteiger partial charge in [0.25, 0.3) is 0 Å². The highest BCUT2D eigenvalue weighted by Crippen LogP contribution is 2.43. The SMILES string of the molecule is CC/C=C\C/C=C\C/C=C\C/C=C\CCCCCCCCC(=O)NC(COP(=O)(O)OCC[N+](C)(C)C)C(O)/C=C/CCCCCCCCCCCCCCCCCCCCCCCCCCCCCCCC. The molecule has 3 unspecified atom stereocenters. The van der Waals surface area contributed by atoms with Crippen molar-refractivity contribution in [1.82, 2.24) is 5.32 Å². The van der Waals surface area contributed by atoms with E-state index in [1.165, 1.54) is 193 Å². The van der Waals surface area contributed by atoms with Crippen molar-refractivity contribution < 1.29 is 32.9 Å². The van der Waals surface area contributed by atoms with Gasteiger partial charge in [-0.25, -0.2) is 4.57 Å². The fourth-order valence-electron chi connectivity index (χ4n) is 9.15. The second kappa shape index (κ2) is 55.0. The molecule has 0 saturated heterocycles. The van der Waals surface area contributed by atoms with Gasteiger partial charge in [-0.05, 0) is 57.8 Å². The number of amides is 1. The molecule has 0 bridgehead atoms. The monoisotopic (exact) mass is 1050 g/mol. The van der Waals surface area contributed by atoms with Crippen molar-refractivity contribution in [2.75, 3.05) is 40.9 Å². The summed E-state index contributed by atoms with van der Waals surface area (Å²) in [5.41, 5.74) is 0. The molecule has 0 saturated carbocycles. The Balaban J connectivity index is 4.11. The zero-order valence-corrected chi connectivity index (χ0v) is 49.8. The van der Waals surface area contributed by atoms with Crippen molar-refractivity contribution in [2.45, 2.75) is 302 Å². The molecule has 8 nitrogen and oxygen atoms in total. The maximum atomic E-state index is 13.0. The van der Waals surface area contributed by atoms with Gasteiger partial charge < -0.3 is 19.8 Å². The van der Waals surface area contributed by atoms with Crippen LogP contribution in [0.15, 0.2) is 60.8 Å². The summed E-state index contributed by atoms with van der Waals surface area (Å²) in [7, 11) is 1.56. The molecule has 3 N–H and O–H groups in total. The Morgan fingerprint density at radius 1 is 0.479 bits per heavy atom. The van der Waals surface area contributed by atoms with Crippen LogP contribution in [0.4, 0.5) is 0 Å². The lowest BCUT2D eigenvalue weighted by atomic mass is 10.0. The lowest BCUT2D eigenvalue weighted by Crippen LogP contribution is -2.45. The van der Waals surface area contributed by atoms with Crippen LogP contribution in [-0.4, -0.2) is 73.4 Å². The smallest absolute Gasteiger partial charge is 0.387 e. The number of aliphatic hydroxyl groups excluding tert-OH is 1. The van der Waals surface area contributed by atoms with Gasteiger partial charge in [0, 0.05) is 6.42 Å². The van der Waals surface area contributed by atoms with E-state index in [1.807, 2.05) is 27.2 Å². The van der Waals surface area contributed by atoms with Gasteiger partial charge in [0.05, 0.1) is 39.9 Å². The first-order chi connectivity index (χ1) is 35.5. The summed E-state index contributed by atoms with van der Waals surface area (Å²) < 4.78 is 23.7. The molecule has 73 heavy (non-hydrogen) atoms. The van der Waals surface area contributed by atoms with Gasteiger partial charge in [-0.1, -0.05) is 286 Å². The van der Waals surface area contributed by atoms with Crippen LogP contribution >= 0.6 is 7.82 Å². The molecule has 0 spiro atoms. The average Bonchev–Trinajstić information content (AvgIpc) is 3.35. The zero-order chi connectivity index (χ0) is 53.5. The number of phosphoric acid groups is 1. The summed E-state index contributed by atoms with van der Waals surface area (Å²) >= 11 is 0.